The van der Waals surface area contributed by atoms with Gasteiger partial charge in [-0.05, 0) is 18.4 Å². The molecule has 0 radical (unpaired) electrons. The Kier molecular flexibility index (Phi) is 3.90. The van der Waals surface area contributed by atoms with Crippen LogP contribution >= 0.6 is 0 Å². The van der Waals surface area contributed by atoms with Gasteiger partial charge in [0.1, 0.15) is 0 Å². The van der Waals surface area contributed by atoms with Crippen LogP contribution in [0.5, 0.6) is 0 Å². The van der Waals surface area contributed by atoms with Crippen molar-refractivity contribution >= 4 is 5.78 Å². The van der Waals surface area contributed by atoms with Gasteiger partial charge in [-0.1, -0.05) is 12.2 Å². The Morgan fingerprint density at radius 3 is 3.00 bits per heavy atom. The number of ketones is 1. The van der Waals surface area contributed by atoms with Gasteiger partial charge in [-0.25, -0.2) is 0 Å². The van der Waals surface area contributed by atoms with Crippen molar-refractivity contribution in [3.8, 4) is 0 Å². The van der Waals surface area contributed by atoms with Crippen LogP contribution in [0, 0.1) is 0 Å². The summed E-state index contributed by atoms with van der Waals surface area (Å²) < 4.78 is 5.24. The van der Waals surface area contributed by atoms with Crippen molar-refractivity contribution in [1.29, 1.82) is 0 Å². The van der Waals surface area contributed by atoms with Gasteiger partial charge in [0.25, 0.3) is 0 Å². The molecule has 0 N–H and O–H groups in total. The minimum atomic E-state index is 0.116. The van der Waals surface area contributed by atoms with E-state index in [2.05, 4.69) is 6.58 Å². The minimum Gasteiger partial charge on any atom is -0.381 e. The fourth-order valence-corrected chi connectivity index (χ4v) is 1.54. The second-order valence-corrected chi connectivity index (χ2v) is 3.28. The molecule has 72 valence electrons. The first-order valence-corrected chi connectivity index (χ1v) is 4.64. The molecule has 0 aromatic carbocycles. The number of allylic oxidation sites excluding steroid dienone is 1. The summed E-state index contributed by atoms with van der Waals surface area (Å²) in [5.41, 5.74) is 0.939. The fourth-order valence-electron chi connectivity index (χ4n) is 1.54. The number of hydrogen-bond acceptors (Lipinski definition) is 2. The lowest BCUT2D eigenvalue weighted by molar-refractivity contribution is -0.115. The number of rotatable bonds is 5. The summed E-state index contributed by atoms with van der Waals surface area (Å²) in [6, 6.07) is 0. The average Bonchev–Trinajstić information content (AvgIpc) is 2.51. The molecule has 0 bridgehead atoms. The van der Waals surface area contributed by atoms with Crippen LogP contribution in [0.25, 0.3) is 0 Å². The lowest BCUT2D eigenvalue weighted by Gasteiger charge is -2.12. The number of carbonyl (C=O) groups is 1. The molecule has 0 aromatic heterocycles. The maximum Gasteiger partial charge on any atom is 0.158 e. The second kappa shape index (κ2) is 4.97. The molecule has 0 heterocycles. The Morgan fingerprint density at radius 2 is 2.54 bits per heavy atom. The molecule has 1 atom stereocenters. The van der Waals surface area contributed by atoms with E-state index in [4.69, 9.17) is 4.74 Å². The molecule has 0 amide bonds. The monoisotopic (exact) mass is 180 g/mol. The summed E-state index contributed by atoms with van der Waals surface area (Å²) in [5, 5.41) is 0. The van der Waals surface area contributed by atoms with Crippen molar-refractivity contribution < 1.29 is 9.53 Å². The number of methoxy groups -OCH3 is 1. The topological polar surface area (TPSA) is 26.3 Å². The average molecular weight is 180 g/mol. The third-order valence-corrected chi connectivity index (χ3v) is 2.33. The molecule has 0 fully saturated rings. The minimum absolute atomic E-state index is 0.116. The molecule has 2 nitrogen and oxygen atoms in total. The zero-order valence-electron chi connectivity index (χ0n) is 8.08. The van der Waals surface area contributed by atoms with Crippen LogP contribution in [0.3, 0.4) is 0 Å². The van der Waals surface area contributed by atoms with Crippen LogP contribution in [0.4, 0.5) is 0 Å². The molecule has 1 aliphatic rings. The lowest BCUT2D eigenvalue weighted by atomic mass is 10.0. The number of ether oxygens (including phenoxy) is 1. The molecular weight excluding hydrogens is 164 g/mol. The summed E-state index contributed by atoms with van der Waals surface area (Å²) >= 11 is 0. The molecule has 2 heteroatoms. The zero-order chi connectivity index (χ0) is 9.68. The van der Waals surface area contributed by atoms with Crippen molar-refractivity contribution in [2.45, 2.75) is 31.8 Å². The smallest absolute Gasteiger partial charge is 0.158 e. The first kappa shape index (κ1) is 10.2. The normalized spacial score (nSPS) is 18.5. The molecule has 1 aliphatic carbocycles. The lowest BCUT2D eigenvalue weighted by Crippen LogP contribution is -2.12. The van der Waals surface area contributed by atoms with E-state index in [1.54, 1.807) is 7.11 Å². The Bertz CT molecular complexity index is 228. The molecular formula is C11H16O2. The first-order valence-electron chi connectivity index (χ1n) is 4.64. The van der Waals surface area contributed by atoms with Crippen LogP contribution in [0.2, 0.25) is 0 Å². The largest absolute Gasteiger partial charge is 0.381 e. The number of carbonyl (C=O) groups excluding carboxylic acids is 1. The quantitative estimate of drug-likeness (QED) is 0.606. The fraction of sp³-hybridized carbons (Fsp3) is 0.545. The van der Waals surface area contributed by atoms with Gasteiger partial charge in [-0.2, -0.15) is 0 Å². The maximum atomic E-state index is 11.3. The van der Waals surface area contributed by atoms with Crippen LogP contribution < -0.4 is 0 Å². The van der Waals surface area contributed by atoms with Gasteiger partial charge in [0.15, 0.2) is 5.78 Å². The zero-order valence-corrected chi connectivity index (χ0v) is 8.08. The molecule has 0 unspecified atom stereocenters. The standard InChI is InChI=1S/C11H16O2/c1-3-5-10(13-2)8-9-6-4-7-11(9)12/h3,6,10H,1,4-5,7-8H2,2H3/t10-/m0/s1. The van der Waals surface area contributed by atoms with Crippen LogP contribution in [-0.4, -0.2) is 19.0 Å². The third kappa shape index (κ3) is 2.81. The van der Waals surface area contributed by atoms with Gasteiger partial charge >= 0.3 is 0 Å². The van der Waals surface area contributed by atoms with E-state index in [0.29, 0.717) is 6.42 Å². The van der Waals surface area contributed by atoms with Gasteiger partial charge in [-0.15, -0.1) is 6.58 Å². The van der Waals surface area contributed by atoms with Crippen molar-refractivity contribution in [2.75, 3.05) is 7.11 Å². The number of Topliss-reactive ketones (excluding diaryl/α,β-unsaturated/α-hetero) is 1. The van der Waals surface area contributed by atoms with Crippen molar-refractivity contribution in [3.63, 3.8) is 0 Å². The van der Waals surface area contributed by atoms with E-state index in [-0.39, 0.29) is 11.9 Å². The summed E-state index contributed by atoms with van der Waals surface area (Å²) in [6.45, 7) is 3.66. The van der Waals surface area contributed by atoms with Gasteiger partial charge in [0.05, 0.1) is 6.10 Å². The predicted octanol–water partition coefficient (Wildman–Crippen LogP) is 2.26. The maximum absolute atomic E-state index is 11.3. The van der Waals surface area contributed by atoms with E-state index in [1.165, 1.54) is 0 Å². The van der Waals surface area contributed by atoms with Crippen molar-refractivity contribution in [1.82, 2.24) is 0 Å². The van der Waals surface area contributed by atoms with Crippen LogP contribution in [0.15, 0.2) is 24.3 Å². The van der Waals surface area contributed by atoms with Gasteiger partial charge in [0.2, 0.25) is 0 Å². The summed E-state index contributed by atoms with van der Waals surface area (Å²) in [4.78, 5) is 11.3. The van der Waals surface area contributed by atoms with E-state index >= 15 is 0 Å². The predicted molar refractivity (Wildman–Crippen MR) is 52.6 cm³/mol. The van der Waals surface area contributed by atoms with Crippen LogP contribution in [-0.2, 0) is 9.53 Å². The van der Waals surface area contributed by atoms with E-state index in [0.717, 1.165) is 24.8 Å². The summed E-state index contributed by atoms with van der Waals surface area (Å²) in [7, 11) is 1.67. The molecule has 1 rings (SSSR count). The van der Waals surface area contributed by atoms with Crippen molar-refractivity contribution in [2.24, 2.45) is 0 Å². The highest BCUT2D eigenvalue weighted by Gasteiger charge is 2.18. The Labute approximate surface area is 79.3 Å². The second-order valence-electron chi connectivity index (χ2n) is 3.28. The van der Waals surface area contributed by atoms with Gasteiger partial charge < -0.3 is 4.74 Å². The van der Waals surface area contributed by atoms with Crippen molar-refractivity contribution in [3.05, 3.63) is 24.3 Å². The first-order chi connectivity index (χ1) is 6.27. The summed E-state index contributed by atoms with van der Waals surface area (Å²) in [5.74, 6) is 0.283. The van der Waals surface area contributed by atoms with E-state index in [1.807, 2.05) is 12.2 Å². The SMILES string of the molecule is C=CC[C@@H](CC1=CCCC1=O)OC. The molecule has 13 heavy (non-hydrogen) atoms. The van der Waals surface area contributed by atoms with E-state index in [9.17, 15) is 4.79 Å². The van der Waals surface area contributed by atoms with Gasteiger partial charge in [-0.3, -0.25) is 4.79 Å². The summed E-state index contributed by atoms with van der Waals surface area (Å²) in [6.07, 6.45) is 7.10. The highest BCUT2D eigenvalue weighted by atomic mass is 16.5. The molecule has 0 saturated heterocycles. The van der Waals surface area contributed by atoms with Gasteiger partial charge in [0, 0.05) is 20.0 Å². The molecule has 0 spiro atoms. The Balaban J connectivity index is 2.45. The van der Waals surface area contributed by atoms with E-state index < -0.39 is 0 Å². The molecule has 0 saturated carbocycles. The Hall–Kier alpha value is -0.890. The highest BCUT2D eigenvalue weighted by Crippen LogP contribution is 2.20. The van der Waals surface area contributed by atoms with Crippen LogP contribution in [0.1, 0.15) is 25.7 Å². The Morgan fingerprint density at radius 1 is 1.77 bits per heavy atom. The molecule has 0 aliphatic heterocycles. The molecule has 0 aromatic rings. The third-order valence-electron chi connectivity index (χ3n) is 2.33. The highest BCUT2D eigenvalue weighted by molar-refractivity contribution is 5.97. The number of hydrogen-bond donors (Lipinski definition) is 0.